The molecule has 0 aliphatic carbocycles. The molecule has 0 amide bonds. The zero-order valence-electron chi connectivity index (χ0n) is 11.0. The number of Topliss-reactive ketones (excluding diaryl/α,β-unsaturated/α-hetero) is 1. The smallest absolute Gasteiger partial charge is 0.184 e. The maximum Gasteiger partial charge on any atom is 0.184 e. The van der Waals surface area contributed by atoms with E-state index in [0.717, 1.165) is 5.56 Å². The van der Waals surface area contributed by atoms with Crippen LogP contribution in [-0.2, 0) is 10.2 Å². The maximum atomic E-state index is 13.1. The quantitative estimate of drug-likeness (QED) is 0.789. The van der Waals surface area contributed by atoms with Crippen molar-refractivity contribution in [3.8, 4) is 0 Å². The fraction of sp³-hybridized carbons (Fsp3) is 0.312. The minimum Gasteiger partial charge on any atom is -0.381 e. The highest BCUT2D eigenvalue weighted by Crippen LogP contribution is 2.40. The van der Waals surface area contributed by atoms with E-state index in [1.54, 1.807) is 6.07 Å². The van der Waals surface area contributed by atoms with Gasteiger partial charge in [0.2, 0.25) is 0 Å². The number of carbonyl (C=O) groups is 1. The SMILES string of the molecule is O=C(c1sccc1Cl)C1(c2ccccc2)CCOCC1. The fourth-order valence-corrected chi connectivity index (χ4v) is 3.98. The second-order valence-corrected chi connectivity index (χ2v) is 6.31. The molecular formula is C16H15ClO2S. The van der Waals surface area contributed by atoms with Gasteiger partial charge in [0, 0.05) is 13.2 Å². The molecule has 0 saturated carbocycles. The lowest BCUT2D eigenvalue weighted by Crippen LogP contribution is -2.41. The second kappa shape index (κ2) is 5.68. The number of hydrogen-bond acceptors (Lipinski definition) is 3. The number of hydrogen-bond donors (Lipinski definition) is 0. The van der Waals surface area contributed by atoms with Gasteiger partial charge in [-0.3, -0.25) is 4.79 Å². The molecule has 1 aliphatic rings. The van der Waals surface area contributed by atoms with Crippen LogP contribution in [0.5, 0.6) is 0 Å². The van der Waals surface area contributed by atoms with Gasteiger partial charge < -0.3 is 4.74 Å². The Bertz CT molecular complexity index is 600. The first-order valence-corrected chi connectivity index (χ1v) is 7.91. The van der Waals surface area contributed by atoms with E-state index in [4.69, 9.17) is 16.3 Å². The third-order valence-electron chi connectivity index (χ3n) is 3.93. The van der Waals surface area contributed by atoms with Gasteiger partial charge in [0.05, 0.1) is 15.3 Å². The summed E-state index contributed by atoms with van der Waals surface area (Å²) in [7, 11) is 0. The topological polar surface area (TPSA) is 26.3 Å². The molecule has 1 saturated heterocycles. The van der Waals surface area contributed by atoms with Gasteiger partial charge in [0.1, 0.15) is 0 Å². The van der Waals surface area contributed by atoms with E-state index >= 15 is 0 Å². The van der Waals surface area contributed by atoms with Crippen LogP contribution in [0.25, 0.3) is 0 Å². The Morgan fingerprint density at radius 3 is 2.45 bits per heavy atom. The van der Waals surface area contributed by atoms with Gasteiger partial charge in [-0.2, -0.15) is 0 Å². The van der Waals surface area contributed by atoms with E-state index in [1.165, 1.54) is 11.3 Å². The largest absolute Gasteiger partial charge is 0.381 e. The molecule has 4 heteroatoms. The first-order chi connectivity index (χ1) is 9.74. The van der Waals surface area contributed by atoms with Crippen LogP contribution in [0.15, 0.2) is 41.8 Å². The fourth-order valence-electron chi connectivity index (χ4n) is 2.80. The van der Waals surface area contributed by atoms with Gasteiger partial charge in [-0.15, -0.1) is 11.3 Å². The molecule has 0 N–H and O–H groups in total. The van der Waals surface area contributed by atoms with Crippen LogP contribution in [0, 0.1) is 0 Å². The van der Waals surface area contributed by atoms with Crippen LogP contribution in [0.3, 0.4) is 0 Å². The number of carbonyl (C=O) groups excluding carboxylic acids is 1. The average molecular weight is 307 g/mol. The molecule has 3 rings (SSSR count). The lowest BCUT2D eigenvalue weighted by Gasteiger charge is -2.36. The molecule has 0 atom stereocenters. The van der Waals surface area contributed by atoms with E-state index in [0.29, 0.717) is 36.0 Å². The molecule has 0 unspecified atom stereocenters. The molecule has 2 aromatic rings. The van der Waals surface area contributed by atoms with Gasteiger partial charge in [0.15, 0.2) is 5.78 Å². The molecule has 0 spiro atoms. The number of benzene rings is 1. The van der Waals surface area contributed by atoms with Gasteiger partial charge in [-0.25, -0.2) is 0 Å². The summed E-state index contributed by atoms with van der Waals surface area (Å²) in [5, 5.41) is 2.43. The Morgan fingerprint density at radius 2 is 1.85 bits per heavy atom. The molecule has 0 radical (unpaired) electrons. The third-order valence-corrected chi connectivity index (χ3v) is 5.27. The van der Waals surface area contributed by atoms with Crippen LogP contribution >= 0.6 is 22.9 Å². The van der Waals surface area contributed by atoms with Crippen molar-refractivity contribution in [3.63, 3.8) is 0 Å². The lowest BCUT2D eigenvalue weighted by atomic mass is 9.70. The molecule has 20 heavy (non-hydrogen) atoms. The molecule has 0 bridgehead atoms. The number of halogens is 1. The van der Waals surface area contributed by atoms with Crippen molar-refractivity contribution in [3.05, 3.63) is 57.2 Å². The van der Waals surface area contributed by atoms with E-state index in [9.17, 15) is 4.79 Å². The van der Waals surface area contributed by atoms with Crippen LogP contribution in [-0.4, -0.2) is 19.0 Å². The molecule has 2 heterocycles. The third kappa shape index (κ3) is 2.30. The Hall–Kier alpha value is -1.16. The van der Waals surface area contributed by atoms with Gasteiger partial charge >= 0.3 is 0 Å². The number of ether oxygens (including phenoxy) is 1. The summed E-state index contributed by atoms with van der Waals surface area (Å²) in [5.74, 6) is 0.131. The highest BCUT2D eigenvalue weighted by atomic mass is 35.5. The molecule has 2 nitrogen and oxygen atoms in total. The van der Waals surface area contributed by atoms with Crippen LogP contribution in [0.4, 0.5) is 0 Å². The average Bonchev–Trinajstić information content (AvgIpc) is 2.94. The first kappa shape index (κ1) is 13.8. The Labute approximate surface area is 127 Å². The summed E-state index contributed by atoms with van der Waals surface area (Å²) in [5.41, 5.74) is 0.575. The predicted octanol–water partition coefficient (Wildman–Crippen LogP) is 4.33. The van der Waals surface area contributed by atoms with Crippen molar-refractivity contribution in [1.29, 1.82) is 0 Å². The summed E-state index contributed by atoms with van der Waals surface area (Å²) in [4.78, 5) is 13.7. The Balaban J connectivity index is 2.07. The van der Waals surface area contributed by atoms with Crippen LogP contribution in [0.2, 0.25) is 5.02 Å². The van der Waals surface area contributed by atoms with Crippen molar-refractivity contribution in [1.82, 2.24) is 0 Å². The number of thiophene rings is 1. The summed E-state index contributed by atoms with van der Waals surface area (Å²) >= 11 is 7.58. The summed E-state index contributed by atoms with van der Waals surface area (Å²) in [6, 6.07) is 11.8. The number of ketones is 1. The van der Waals surface area contributed by atoms with Crippen molar-refractivity contribution in [2.24, 2.45) is 0 Å². The zero-order valence-corrected chi connectivity index (χ0v) is 12.5. The van der Waals surface area contributed by atoms with E-state index in [-0.39, 0.29) is 5.78 Å². The zero-order chi connectivity index (χ0) is 14.0. The minimum atomic E-state index is -0.492. The normalized spacial score (nSPS) is 17.9. The molecule has 1 fully saturated rings. The standard InChI is InChI=1S/C16H15ClO2S/c17-13-6-11-20-14(13)15(18)16(7-9-19-10-8-16)12-4-2-1-3-5-12/h1-6,11H,7-10H2. The van der Waals surface area contributed by atoms with E-state index in [1.807, 2.05) is 35.7 Å². The highest BCUT2D eigenvalue weighted by molar-refractivity contribution is 7.12. The highest BCUT2D eigenvalue weighted by Gasteiger charge is 2.42. The summed E-state index contributed by atoms with van der Waals surface area (Å²) < 4.78 is 5.46. The molecule has 1 aromatic carbocycles. The van der Waals surface area contributed by atoms with Crippen molar-refractivity contribution in [2.45, 2.75) is 18.3 Å². The van der Waals surface area contributed by atoms with E-state index < -0.39 is 5.41 Å². The van der Waals surface area contributed by atoms with Crippen LogP contribution < -0.4 is 0 Å². The Morgan fingerprint density at radius 1 is 1.15 bits per heavy atom. The minimum absolute atomic E-state index is 0.131. The Kier molecular flexibility index (Phi) is 3.92. The number of rotatable bonds is 3. The monoisotopic (exact) mass is 306 g/mol. The molecular weight excluding hydrogens is 292 g/mol. The second-order valence-electron chi connectivity index (χ2n) is 4.99. The van der Waals surface area contributed by atoms with Crippen molar-refractivity contribution >= 4 is 28.7 Å². The summed E-state index contributed by atoms with van der Waals surface area (Å²) in [6.07, 6.45) is 1.42. The maximum absolute atomic E-state index is 13.1. The molecule has 104 valence electrons. The molecule has 1 aliphatic heterocycles. The van der Waals surface area contributed by atoms with Gasteiger partial charge in [-0.1, -0.05) is 41.9 Å². The van der Waals surface area contributed by atoms with Crippen LogP contribution in [0.1, 0.15) is 28.1 Å². The van der Waals surface area contributed by atoms with Gasteiger partial charge in [0.25, 0.3) is 0 Å². The van der Waals surface area contributed by atoms with E-state index in [2.05, 4.69) is 0 Å². The first-order valence-electron chi connectivity index (χ1n) is 6.65. The van der Waals surface area contributed by atoms with Crippen molar-refractivity contribution in [2.75, 3.05) is 13.2 Å². The lowest BCUT2D eigenvalue weighted by molar-refractivity contribution is 0.0426. The summed E-state index contributed by atoms with van der Waals surface area (Å²) in [6.45, 7) is 1.23. The predicted molar refractivity (Wildman–Crippen MR) is 81.8 cm³/mol. The van der Waals surface area contributed by atoms with Gasteiger partial charge in [-0.05, 0) is 29.9 Å². The van der Waals surface area contributed by atoms with Crippen molar-refractivity contribution < 1.29 is 9.53 Å². The molecule has 1 aromatic heterocycles.